The summed E-state index contributed by atoms with van der Waals surface area (Å²) in [5, 5.41) is 8.46. The van der Waals surface area contributed by atoms with E-state index < -0.39 is 0 Å². The molecule has 0 N–H and O–H groups in total. The van der Waals surface area contributed by atoms with E-state index in [9.17, 15) is 4.79 Å². The molecule has 0 saturated carbocycles. The third-order valence-electron chi connectivity index (χ3n) is 2.77. The van der Waals surface area contributed by atoms with Crippen molar-refractivity contribution in [1.82, 2.24) is 4.90 Å². The van der Waals surface area contributed by atoms with E-state index >= 15 is 0 Å². The second-order valence-corrected chi connectivity index (χ2v) is 3.98. The lowest BCUT2D eigenvalue weighted by Crippen LogP contribution is -2.35. The molecule has 0 spiro atoms. The van der Waals surface area contributed by atoms with Crippen LogP contribution in [0.2, 0.25) is 0 Å². The monoisotopic (exact) mass is 240 g/mol. The highest BCUT2D eigenvalue weighted by molar-refractivity contribution is 5.78. The van der Waals surface area contributed by atoms with Crippen LogP contribution in [0.15, 0.2) is 0 Å². The minimum atomic E-state index is -0.136. The van der Waals surface area contributed by atoms with Crippen molar-refractivity contribution < 1.29 is 14.3 Å². The fourth-order valence-corrected chi connectivity index (χ4v) is 1.78. The molecular formula is C12H20N2O3. The van der Waals surface area contributed by atoms with Crippen molar-refractivity contribution in [2.45, 2.75) is 38.9 Å². The molecule has 96 valence electrons. The molecule has 0 aromatic heterocycles. The van der Waals surface area contributed by atoms with Crippen LogP contribution in [0.5, 0.6) is 0 Å². The maximum atomic E-state index is 11.5. The SMILES string of the molecule is CCN(CCOC1CCCCO1)C(=O)CC#N. The van der Waals surface area contributed by atoms with E-state index in [0.29, 0.717) is 19.7 Å². The standard InChI is InChI=1S/C12H20N2O3/c1-2-14(11(15)6-7-13)8-10-17-12-5-3-4-9-16-12/h12H,2-6,8-10H2,1H3. The van der Waals surface area contributed by atoms with Crippen LogP contribution in [0.1, 0.15) is 32.6 Å². The first kappa shape index (κ1) is 13.9. The molecule has 0 aromatic rings. The van der Waals surface area contributed by atoms with Crippen molar-refractivity contribution in [2.24, 2.45) is 0 Å². The molecule has 1 unspecified atom stereocenters. The first-order chi connectivity index (χ1) is 8.27. The maximum absolute atomic E-state index is 11.5. The van der Waals surface area contributed by atoms with Gasteiger partial charge in [-0.3, -0.25) is 4.79 Å². The van der Waals surface area contributed by atoms with Gasteiger partial charge in [0.05, 0.1) is 12.7 Å². The first-order valence-electron chi connectivity index (χ1n) is 6.16. The Morgan fingerprint density at radius 1 is 1.59 bits per heavy atom. The predicted octanol–water partition coefficient (Wildman–Crippen LogP) is 1.29. The van der Waals surface area contributed by atoms with Gasteiger partial charge in [0, 0.05) is 19.7 Å². The van der Waals surface area contributed by atoms with Gasteiger partial charge >= 0.3 is 0 Å². The molecule has 0 radical (unpaired) electrons. The molecule has 1 aliphatic rings. The molecule has 5 heteroatoms. The first-order valence-corrected chi connectivity index (χ1v) is 6.16. The average Bonchev–Trinajstić information content (AvgIpc) is 2.36. The van der Waals surface area contributed by atoms with Crippen LogP contribution in [0.25, 0.3) is 0 Å². The van der Waals surface area contributed by atoms with Crippen LogP contribution in [-0.4, -0.2) is 43.4 Å². The number of hydrogen-bond acceptors (Lipinski definition) is 4. The highest BCUT2D eigenvalue weighted by Gasteiger charge is 2.15. The number of carbonyl (C=O) groups is 1. The van der Waals surface area contributed by atoms with Gasteiger partial charge < -0.3 is 14.4 Å². The Kier molecular flexibility index (Phi) is 6.60. The number of nitriles is 1. The van der Waals surface area contributed by atoms with E-state index in [1.54, 1.807) is 4.90 Å². The summed E-state index contributed by atoms with van der Waals surface area (Å²) in [4.78, 5) is 13.1. The number of hydrogen-bond donors (Lipinski definition) is 0. The molecule has 1 heterocycles. The average molecular weight is 240 g/mol. The second kappa shape index (κ2) is 8.04. The van der Waals surface area contributed by atoms with Gasteiger partial charge in [0.2, 0.25) is 5.91 Å². The molecule has 1 rings (SSSR count). The minimum absolute atomic E-state index is 0.0617. The van der Waals surface area contributed by atoms with Crippen molar-refractivity contribution in [2.75, 3.05) is 26.3 Å². The Balaban J connectivity index is 2.18. The summed E-state index contributed by atoms with van der Waals surface area (Å²) < 4.78 is 11.0. The van der Waals surface area contributed by atoms with Crippen LogP contribution in [0.4, 0.5) is 0 Å². The Labute approximate surface area is 102 Å². The smallest absolute Gasteiger partial charge is 0.236 e. The quantitative estimate of drug-likeness (QED) is 0.702. The molecule has 0 aliphatic carbocycles. The minimum Gasteiger partial charge on any atom is -0.353 e. The Hall–Kier alpha value is -1.12. The van der Waals surface area contributed by atoms with Gasteiger partial charge in [0.1, 0.15) is 6.42 Å². The normalized spacial score (nSPS) is 19.6. The summed E-state index contributed by atoms with van der Waals surface area (Å²) in [6.07, 6.45) is 2.98. The predicted molar refractivity (Wildman–Crippen MR) is 62.0 cm³/mol. The molecule has 1 amide bonds. The highest BCUT2D eigenvalue weighted by atomic mass is 16.7. The fourth-order valence-electron chi connectivity index (χ4n) is 1.78. The van der Waals surface area contributed by atoms with Crippen LogP contribution in [0.3, 0.4) is 0 Å². The van der Waals surface area contributed by atoms with E-state index in [1.165, 1.54) is 0 Å². The van der Waals surface area contributed by atoms with E-state index in [-0.39, 0.29) is 18.6 Å². The zero-order valence-corrected chi connectivity index (χ0v) is 10.4. The summed E-state index contributed by atoms with van der Waals surface area (Å²) in [6.45, 7) is 4.25. The molecule has 1 fully saturated rings. The Morgan fingerprint density at radius 3 is 3.00 bits per heavy atom. The molecule has 1 atom stereocenters. The van der Waals surface area contributed by atoms with Crippen molar-refractivity contribution in [3.63, 3.8) is 0 Å². The van der Waals surface area contributed by atoms with E-state index in [0.717, 1.165) is 25.9 Å². The van der Waals surface area contributed by atoms with Crippen molar-refractivity contribution in [3.8, 4) is 6.07 Å². The topological polar surface area (TPSA) is 62.6 Å². The van der Waals surface area contributed by atoms with Crippen LogP contribution in [-0.2, 0) is 14.3 Å². The summed E-state index contributed by atoms with van der Waals surface area (Å²) in [5.41, 5.74) is 0. The van der Waals surface area contributed by atoms with Crippen LogP contribution in [0, 0.1) is 11.3 Å². The summed E-state index contributed by atoms with van der Waals surface area (Å²) in [6, 6.07) is 1.87. The van der Waals surface area contributed by atoms with Crippen molar-refractivity contribution in [3.05, 3.63) is 0 Å². The highest BCUT2D eigenvalue weighted by Crippen LogP contribution is 2.13. The lowest BCUT2D eigenvalue weighted by molar-refractivity contribution is -0.166. The fraction of sp³-hybridized carbons (Fsp3) is 0.833. The maximum Gasteiger partial charge on any atom is 0.236 e. The number of nitrogens with zero attached hydrogens (tertiary/aromatic N) is 2. The Bertz CT molecular complexity index is 269. The van der Waals surface area contributed by atoms with Crippen molar-refractivity contribution >= 4 is 5.91 Å². The van der Waals surface area contributed by atoms with E-state index in [1.807, 2.05) is 13.0 Å². The van der Waals surface area contributed by atoms with E-state index in [2.05, 4.69) is 0 Å². The van der Waals surface area contributed by atoms with Crippen LogP contribution >= 0.6 is 0 Å². The molecule has 17 heavy (non-hydrogen) atoms. The largest absolute Gasteiger partial charge is 0.353 e. The van der Waals surface area contributed by atoms with Gasteiger partial charge in [0.25, 0.3) is 0 Å². The number of rotatable bonds is 6. The van der Waals surface area contributed by atoms with E-state index in [4.69, 9.17) is 14.7 Å². The molecule has 5 nitrogen and oxygen atoms in total. The third-order valence-corrected chi connectivity index (χ3v) is 2.77. The Morgan fingerprint density at radius 2 is 2.41 bits per heavy atom. The van der Waals surface area contributed by atoms with Gasteiger partial charge in [-0.2, -0.15) is 5.26 Å². The molecule has 1 aliphatic heterocycles. The molecule has 0 aromatic carbocycles. The number of ether oxygens (including phenoxy) is 2. The number of amides is 1. The number of carbonyl (C=O) groups excluding carboxylic acids is 1. The molecule has 1 saturated heterocycles. The van der Waals surface area contributed by atoms with Gasteiger partial charge in [0.15, 0.2) is 6.29 Å². The van der Waals surface area contributed by atoms with Gasteiger partial charge in [-0.1, -0.05) is 0 Å². The lowest BCUT2D eigenvalue weighted by Gasteiger charge is -2.25. The zero-order chi connectivity index (χ0) is 12.5. The zero-order valence-electron chi connectivity index (χ0n) is 10.4. The lowest BCUT2D eigenvalue weighted by atomic mass is 10.2. The molecule has 0 bridgehead atoms. The van der Waals surface area contributed by atoms with Gasteiger partial charge in [-0.15, -0.1) is 0 Å². The summed E-state index contributed by atoms with van der Waals surface area (Å²) in [5.74, 6) is -0.136. The van der Waals surface area contributed by atoms with Gasteiger partial charge in [-0.25, -0.2) is 0 Å². The van der Waals surface area contributed by atoms with Gasteiger partial charge in [-0.05, 0) is 26.2 Å². The summed E-state index contributed by atoms with van der Waals surface area (Å²) in [7, 11) is 0. The van der Waals surface area contributed by atoms with Crippen molar-refractivity contribution in [1.29, 1.82) is 5.26 Å². The number of likely N-dealkylation sites (N-methyl/N-ethyl adjacent to an activating group) is 1. The molecular weight excluding hydrogens is 220 g/mol. The third kappa shape index (κ3) is 5.16. The second-order valence-electron chi connectivity index (χ2n) is 3.98. The summed E-state index contributed by atoms with van der Waals surface area (Å²) >= 11 is 0. The van der Waals surface area contributed by atoms with Crippen LogP contribution < -0.4 is 0 Å².